The Labute approximate surface area is 167 Å². The second-order valence-corrected chi connectivity index (χ2v) is 7.03. The summed E-state index contributed by atoms with van der Waals surface area (Å²) in [4.78, 5) is 33.7. The van der Waals surface area contributed by atoms with E-state index in [-0.39, 0.29) is 0 Å². The molecule has 28 heavy (non-hydrogen) atoms. The Kier molecular flexibility index (Phi) is 5.61. The summed E-state index contributed by atoms with van der Waals surface area (Å²) < 4.78 is 5.31. The highest BCUT2D eigenvalue weighted by Gasteiger charge is 2.20. The molecule has 0 bridgehead atoms. The molecule has 1 heterocycles. The molecular weight excluding hydrogens is 378 g/mol. The van der Waals surface area contributed by atoms with Crippen molar-refractivity contribution in [1.29, 1.82) is 0 Å². The van der Waals surface area contributed by atoms with Crippen LogP contribution in [0.2, 0.25) is 5.02 Å². The van der Waals surface area contributed by atoms with Crippen molar-refractivity contribution in [3.8, 4) is 0 Å². The highest BCUT2D eigenvalue weighted by molar-refractivity contribution is 6.31. The van der Waals surface area contributed by atoms with Crippen LogP contribution in [0.15, 0.2) is 36.4 Å². The van der Waals surface area contributed by atoms with Gasteiger partial charge in [-0.1, -0.05) is 17.7 Å². The van der Waals surface area contributed by atoms with E-state index in [1.54, 1.807) is 36.4 Å². The van der Waals surface area contributed by atoms with E-state index in [0.717, 1.165) is 17.0 Å². The third-order valence-corrected chi connectivity index (χ3v) is 4.66. The zero-order valence-electron chi connectivity index (χ0n) is 16.0. The molecule has 1 N–H and O–H groups in total. The molecule has 3 aromatic rings. The van der Waals surface area contributed by atoms with Gasteiger partial charge in [-0.05, 0) is 63.6 Å². The van der Waals surface area contributed by atoms with Gasteiger partial charge in [-0.25, -0.2) is 14.8 Å². The summed E-state index contributed by atoms with van der Waals surface area (Å²) in [6.07, 6.45) is -0.979. The number of anilines is 1. The number of amides is 1. The lowest BCUT2D eigenvalue weighted by Crippen LogP contribution is -2.30. The first-order valence-electron chi connectivity index (χ1n) is 8.77. The Balaban J connectivity index is 1.72. The first kappa shape index (κ1) is 19.8. The molecule has 7 heteroatoms. The van der Waals surface area contributed by atoms with Crippen molar-refractivity contribution in [2.24, 2.45) is 0 Å². The van der Waals surface area contributed by atoms with Crippen LogP contribution < -0.4 is 5.32 Å². The molecule has 3 rings (SSSR count). The number of aromatic nitrogens is 2. The first-order valence-corrected chi connectivity index (χ1v) is 9.15. The maximum atomic E-state index is 12.5. The van der Waals surface area contributed by atoms with Crippen LogP contribution >= 0.6 is 11.6 Å². The molecule has 0 aliphatic rings. The molecule has 1 aromatic heterocycles. The van der Waals surface area contributed by atoms with Gasteiger partial charge in [0.05, 0.1) is 28.0 Å². The van der Waals surface area contributed by atoms with Gasteiger partial charge in [0, 0.05) is 10.7 Å². The number of rotatable bonds is 4. The monoisotopic (exact) mass is 397 g/mol. The van der Waals surface area contributed by atoms with Crippen LogP contribution in [0.1, 0.15) is 34.2 Å². The minimum atomic E-state index is -0.979. The summed E-state index contributed by atoms with van der Waals surface area (Å²) in [5, 5.41) is 3.24. The summed E-state index contributed by atoms with van der Waals surface area (Å²) in [5.41, 5.74) is 4.67. The van der Waals surface area contributed by atoms with E-state index in [1.165, 1.54) is 6.92 Å². The molecule has 6 nitrogen and oxygen atoms in total. The molecule has 1 amide bonds. The summed E-state index contributed by atoms with van der Waals surface area (Å²) in [5.74, 6) is -1.04. The number of esters is 1. The van der Waals surface area contributed by atoms with Crippen LogP contribution in [0, 0.1) is 20.8 Å². The minimum Gasteiger partial charge on any atom is -0.449 e. The maximum absolute atomic E-state index is 12.5. The van der Waals surface area contributed by atoms with Crippen LogP contribution in [0.25, 0.3) is 11.0 Å². The first-order chi connectivity index (χ1) is 13.2. The fraction of sp³-hybridized carbons (Fsp3) is 0.238. The molecule has 2 aromatic carbocycles. The molecule has 0 aliphatic carbocycles. The summed E-state index contributed by atoms with van der Waals surface area (Å²) in [6.45, 7) is 7.10. The van der Waals surface area contributed by atoms with Gasteiger partial charge in [-0.3, -0.25) is 4.79 Å². The van der Waals surface area contributed by atoms with E-state index in [2.05, 4.69) is 15.3 Å². The SMILES string of the molecule is Cc1ccc(Cl)cc1NC(=O)[C@H](C)OC(=O)c1ccc2nc(C)c(C)nc2c1. The average molecular weight is 398 g/mol. The third-order valence-electron chi connectivity index (χ3n) is 4.42. The quantitative estimate of drug-likeness (QED) is 0.660. The second kappa shape index (κ2) is 7.94. The normalized spacial score (nSPS) is 11.9. The van der Waals surface area contributed by atoms with Crippen molar-refractivity contribution in [3.05, 3.63) is 63.9 Å². The molecular formula is C21H20ClN3O3. The van der Waals surface area contributed by atoms with Crippen molar-refractivity contribution < 1.29 is 14.3 Å². The van der Waals surface area contributed by atoms with E-state index >= 15 is 0 Å². The largest absolute Gasteiger partial charge is 0.449 e. The minimum absolute atomic E-state index is 0.309. The third kappa shape index (κ3) is 4.28. The van der Waals surface area contributed by atoms with E-state index in [0.29, 0.717) is 27.3 Å². The summed E-state index contributed by atoms with van der Waals surface area (Å²) in [6, 6.07) is 10.1. The molecule has 0 unspecified atom stereocenters. The van der Waals surface area contributed by atoms with Crippen LogP contribution in [0.4, 0.5) is 5.69 Å². The fourth-order valence-corrected chi connectivity index (χ4v) is 2.78. The average Bonchev–Trinajstić information content (AvgIpc) is 2.65. The number of hydrogen-bond donors (Lipinski definition) is 1. The lowest BCUT2D eigenvalue weighted by Gasteiger charge is -2.15. The van der Waals surface area contributed by atoms with E-state index in [1.807, 2.05) is 20.8 Å². The Morgan fingerprint density at radius 1 is 1.00 bits per heavy atom. The molecule has 0 saturated carbocycles. The molecule has 1 atom stereocenters. The number of benzene rings is 2. The number of halogens is 1. The van der Waals surface area contributed by atoms with Crippen molar-refractivity contribution in [3.63, 3.8) is 0 Å². The number of hydrogen-bond acceptors (Lipinski definition) is 5. The smallest absolute Gasteiger partial charge is 0.338 e. The van der Waals surface area contributed by atoms with E-state index < -0.39 is 18.0 Å². The summed E-state index contributed by atoms with van der Waals surface area (Å²) >= 11 is 5.97. The Bertz CT molecular complexity index is 1080. The zero-order chi connectivity index (χ0) is 20.4. The van der Waals surface area contributed by atoms with Gasteiger partial charge in [0.25, 0.3) is 5.91 Å². The van der Waals surface area contributed by atoms with Crippen molar-refractivity contribution >= 4 is 40.2 Å². The molecule has 0 fully saturated rings. The number of ether oxygens (including phenoxy) is 1. The maximum Gasteiger partial charge on any atom is 0.338 e. The van der Waals surface area contributed by atoms with Crippen LogP contribution in [-0.2, 0) is 9.53 Å². The van der Waals surface area contributed by atoms with Gasteiger partial charge in [0.15, 0.2) is 6.10 Å². The van der Waals surface area contributed by atoms with Gasteiger partial charge in [0.2, 0.25) is 0 Å². The Morgan fingerprint density at radius 3 is 2.39 bits per heavy atom. The Morgan fingerprint density at radius 2 is 1.68 bits per heavy atom. The number of aryl methyl sites for hydroxylation is 3. The Hall–Kier alpha value is -2.99. The van der Waals surface area contributed by atoms with Gasteiger partial charge in [0.1, 0.15) is 0 Å². The van der Waals surface area contributed by atoms with Gasteiger partial charge in [-0.2, -0.15) is 0 Å². The zero-order valence-corrected chi connectivity index (χ0v) is 16.8. The number of nitrogens with one attached hydrogen (secondary N) is 1. The molecule has 0 radical (unpaired) electrons. The van der Waals surface area contributed by atoms with Crippen LogP contribution in [0.3, 0.4) is 0 Å². The molecule has 0 saturated heterocycles. The number of fused-ring (bicyclic) bond motifs is 1. The lowest BCUT2D eigenvalue weighted by molar-refractivity contribution is -0.123. The van der Waals surface area contributed by atoms with Crippen molar-refractivity contribution in [1.82, 2.24) is 9.97 Å². The second-order valence-electron chi connectivity index (χ2n) is 6.59. The van der Waals surface area contributed by atoms with E-state index in [4.69, 9.17) is 16.3 Å². The van der Waals surface area contributed by atoms with Gasteiger partial charge >= 0.3 is 5.97 Å². The van der Waals surface area contributed by atoms with Gasteiger partial charge in [-0.15, -0.1) is 0 Å². The fourth-order valence-electron chi connectivity index (χ4n) is 2.60. The number of nitrogens with zero attached hydrogens (tertiary/aromatic N) is 2. The standard InChI is InChI=1S/C21H20ClN3O3/c1-11-5-7-16(22)10-18(11)25-20(26)14(4)28-21(27)15-6-8-17-19(9-15)24-13(3)12(2)23-17/h5-10,14H,1-4H3,(H,25,26)/t14-/m0/s1. The molecule has 0 aliphatic heterocycles. The van der Waals surface area contributed by atoms with Crippen LogP contribution in [-0.4, -0.2) is 27.9 Å². The van der Waals surface area contributed by atoms with E-state index in [9.17, 15) is 9.59 Å². The molecule has 144 valence electrons. The lowest BCUT2D eigenvalue weighted by atomic mass is 10.1. The predicted octanol–water partition coefficient (Wildman–Crippen LogP) is 4.39. The van der Waals surface area contributed by atoms with Gasteiger partial charge < -0.3 is 10.1 Å². The van der Waals surface area contributed by atoms with Crippen LogP contribution in [0.5, 0.6) is 0 Å². The number of carbonyl (C=O) groups is 2. The highest BCUT2D eigenvalue weighted by atomic mass is 35.5. The predicted molar refractivity (Wildman–Crippen MR) is 109 cm³/mol. The number of carbonyl (C=O) groups excluding carboxylic acids is 2. The highest BCUT2D eigenvalue weighted by Crippen LogP contribution is 2.21. The van der Waals surface area contributed by atoms with Crippen molar-refractivity contribution in [2.75, 3.05) is 5.32 Å². The molecule has 0 spiro atoms. The van der Waals surface area contributed by atoms with Crippen molar-refractivity contribution in [2.45, 2.75) is 33.8 Å². The topological polar surface area (TPSA) is 81.2 Å². The summed E-state index contributed by atoms with van der Waals surface area (Å²) in [7, 11) is 0.